The van der Waals surface area contributed by atoms with Crippen molar-refractivity contribution < 1.29 is 14.3 Å². The largest absolute Gasteiger partial charge is 0.442 e. The lowest BCUT2D eigenvalue weighted by Crippen LogP contribution is -2.34. The van der Waals surface area contributed by atoms with Crippen LogP contribution >= 0.6 is 0 Å². The maximum Gasteiger partial charge on any atom is 0.410 e. The summed E-state index contributed by atoms with van der Waals surface area (Å²) < 4.78 is 5.11. The van der Waals surface area contributed by atoms with Gasteiger partial charge in [0.25, 0.3) is 5.91 Å². The quantitative estimate of drug-likeness (QED) is 0.944. The topological polar surface area (TPSA) is 58.6 Å². The molecule has 1 aliphatic heterocycles. The fourth-order valence-electron chi connectivity index (χ4n) is 2.51. The third-order valence-corrected chi connectivity index (χ3v) is 3.80. The fraction of sp³-hybridized carbons (Fsp3) is 0.222. The molecule has 1 fully saturated rings. The van der Waals surface area contributed by atoms with Gasteiger partial charge in [-0.1, -0.05) is 42.5 Å². The van der Waals surface area contributed by atoms with Crippen LogP contribution in [0.25, 0.3) is 11.1 Å². The van der Waals surface area contributed by atoms with Gasteiger partial charge in [0, 0.05) is 12.6 Å². The predicted octanol–water partition coefficient (Wildman–Crippen LogP) is 2.53. The minimum absolute atomic E-state index is 0.171. The Hall–Kier alpha value is -2.82. The molecule has 1 unspecified atom stereocenters. The van der Waals surface area contributed by atoms with Crippen molar-refractivity contribution in [3.63, 3.8) is 0 Å². The van der Waals surface area contributed by atoms with E-state index in [2.05, 4.69) is 5.32 Å². The molecular formula is C18H18N2O3. The summed E-state index contributed by atoms with van der Waals surface area (Å²) in [4.78, 5) is 24.9. The summed E-state index contributed by atoms with van der Waals surface area (Å²) >= 11 is 0. The number of likely N-dealkylation sites (N-methyl/N-ethyl adjacent to an activating group) is 1. The molecule has 1 aliphatic rings. The number of hydrogen-bond donors (Lipinski definition) is 1. The van der Waals surface area contributed by atoms with Crippen LogP contribution in [0.4, 0.5) is 4.79 Å². The van der Waals surface area contributed by atoms with E-state index in [4.69, 9.17) is 4.74 Å². The number of benzene rings is 2. The molecule has 0 bridgehead atoms. The Morgan fingerprint density at radius 2 is 1.78 bits per heavy atom. The maximum atomic E-state index is 12.1. The predicted molar refractivity (Wildman–Crippen MR) is 87.1 cm³/mol. The van der Waals surface area contributed by atoms with Crippen LogP contribution in [-0.4, -0.2) is 43.1 Å². The zero-order chi connectivity index (χ0) is 16.2. The molecule has 0 aliphatic carbocycles. The van der Waals surface area contributed by atoms with Crippen molar-refractivity contribution in [1.82, 2.24) is 10.2 Å². The molecule has 1 saturated heterocycles. The molecule has 1 N–H and O–H groups in total. The van der Waals surface area contributed by atoms with E-state index in [1.807, 2.05) is 42.5 Å². The molecule has 0 spiro atoms. The molecule has 1 heterocycles. The number of carbonyl (C=O) groups excluding carboxylic acids is 2. The van der Waals surface area contributed by atoms with Gasteiger partial charge in [-0.15, -0.1) is 0 Å². The van der Waals surface area contributed by atoms with Crippen LogP contribution in [0.5, 0.6) is 0 Å². The molecule has 0 aromatic heterocycles. The first-order chi connectivity index (χ1) is 11.1. The smallest absolute Gasteiger partial charge is 0.410 e. The summed E-state index contributed by atoms with van der Waals surface area (Å²) in [5.74, 6) is -0.171. The van der Waals surface area contributed by atoms with Crippen molar-refractivity contribution in [2.45, 2.75) is 6.10 Å². The van der Waals surface area contributed by atoms with E-state index in [1.54, 1.807) is 19.2 Å². The Morgan fingerprint density at radius 1 is 1.13 bits per heavy atom. The minimum atomic E-state index is -0.350. The lowest BCUT2D eigenvalue weighted by atomic mass is 10.0. The number of carbonyl (C=O) groups is 2. The average molecular weight is 310 g/mol. The van der Waals surface area contributed by atoms with Crippen molar-refractivity contribution in [3.8, 4) is 11.1 Å². The minimum Gasteiger partial charge on any atom is -0.442 e. The lowest BCUT2D eigenvalue weighted by molar-refractivity contribution is 0.0915. The summed E-state index contributed by atoms with van der Waals surface area (Å²) in [5.41, 5.74) is 2.76. The second kappa shape index (κ2) is 6.52. The van der Waals surface area contributed by atoms with E-state index in [-0.39, 0.29) is 18.1 Å². The van der Waals surface area contributed by atoms with Gasteiger partial charge >= 0.3 is 6.09 Å². The van der Waals surface area contributed by atoms with E-state index in [0.29, 0.717) is 18.7 Å². The number of ether oxygens (including phenoxy) is 1. The standard InChI is InChI=1S/C18H18N2O3/c1-20-12-16(23-18(20)22)11-19-17(21)15-9-7-14(8-10-15)13-5-3-2-4-6-13/h2-10,16H,11-12H2,1H3,(H,19,21). The van der Waals surface area contributed by atoms with Gasteiger partial charge in [-0.05, 0) is 23.3 Å². The Labute approximate surface area is 134 Å². The van der Waals surface area contributed by atoms with E-state index >= 15 is 0 Å². The molecule has 2 aromatic carbocycles. The van der Waals surface area contributed by atoms with Gasteiger partial charge in [0.15, 0.2) is 0 Å². The molecule has 5 heteroatoms. The first-order valence-corrected chi connectivity index (χ1v) is 7.49. The van der Waals surface area contributed by atoms with Crippen LogP contribution in [0.15, 0.2) is 54.6 Å². The molecule has 23 heavy (non-hydrogen) atoms. The average Bonchev–Trinajstić information content (AvgIpc) is 2.92. The second-order valence-corrected chi connectivity index (χ2v) is 5.54. The number of cyclic esters (lactones) is 1. The molecule has 2 aromatic rings. The number of rotatable bonds is 4. The molecule has 2 amide bonds. The van der Waals surface area contributed by atoms with Crippen molar-refractivity contribution in [2.75, 3.05) is 20.1 Å². The van der Waals surface area contributed by atoms with Gasteiger partial charge in [-0.25, -0.2) is 4.79 Å². The Morgan fingerprint density at radius 3 is 2.39 bits per heavy atom. The van der Waals surface area contributed by atoms with Gasteiger partial charge in [-0.2, -0.15) is 0 Å². The number of amides is 2. The molecule has 1 atom stereocenters. The highest BCUT2D eigenvalue weighted by atomic mass is 16.6. The Balaban J connectivity index is 1.59. The summed E-state index contributed by atoms with van der Waals surface area (Å²) in [6.45, 7) is 0.807. The van der Waals surface area contributed by atoms with Crippen LogP contribution < -0.4 is 5.32 Å². The summed E-state index contributed by atoms with van der Waals surface area (Å²) in [6, 6.07) is 17.4. The molecule has 118 valence electrons. The van der Waals surface area contributed by atoms with Gasteiger partial charge in [0.05, 0.1) is 13.1 Å². The Kier molecular flexibility index (Phi) is 4.28. The van der Waals surface area contributed by atoms with Crippen LogP contribution in [0, 0.1) is 0 Å². The van der Waals surface area contributed by atoms with Crippen molar-refractivity contribution >= 4 is 12.0 Å². The highest BCUT2D eigenvalue weighted by Crippen LogP contribution is 2.19. The second-order valence-electron chi connectivity index (χ2n) is 5.54. The van der Waals surface area contributed by atoms with Crippen molar-refractivity contribution in [1.29, 1.82) is 0 Å². The SMILES string of the molecule is CN1CC(CNC(=O)c2ccc(-c3ccccc3)cc2)OC1=O. The number of hydrogen-bond acceptors (Lipinski definition) is 3. The van der Waals surface area contributed by atoms with Crippen molar-refractivity contribution in [3.05, 3.63) is 60.2 Å². The van der Waals surface area contributed by atoms with Gasteiger partial charge in [0.2, 0.25) is 0 Å². The van der Waals surface area contributed by atoms with Gasteiger partial charge < -0.3 is 15.0 Å². The monoisotopic (exact) mass is 310 g/mol. The molecule has 3 rings (SSSR count). The summed E-state index contributed by atoms with van der Waals surface area (Å²) in [6.07, 6.45) is -0.642. The highest BCUT2D eigenvalue weighted by molar-refractivity contribution is 5.94. The van der Waals surface area contributed by atoms with E-state index in [0.717, 1.165) is 11.1 Å². The van der Waals surface area contributed by atoms with E-state index < -0.39 is 0 Å². The van der Waals surface area contributed by atoms with E-state index in [9.17, 15) is 9.59 Å². The van der Waals surface area contributed by atoms with E-state index in [1.165, 1.54) is 4.90 Å². The number of nitrogens with zero attached hydrogens (tertiary/aromatic N) is 1. The molecule has 5 nitrogen and oxygen atoms in total. The van der Waals surface area contributed by atoms with Crippen molar-refractivity contribution in [2.24, 2.45) is 0 Å². The lowest BCUT2D eigenvalue weighted by Gasteiger charge is -2.10. The fourth-order valence-corrected chi connectivity index (χ4v) is 2.51. The van der Waals surface area contributed by atoms with Crippen LogP contribution in [-0.2, 0) is 4.74 Å². The zero-order valence-electron chi connectivity index (χ0n) is 12.9. The maximum absolute atomic E-state index is 12.1. The molecule has 0 radical (unpaired) electrons. The molecule has 0 saturated carbocycles. The summed E-state index contributed by atoms with van der Waals surface area (Å²) in [5, 5.41) is 2.80. The Bertz CT molecular complexity index is 698. The van der Waals surface area contributed by atoms with Gasteiger partial charge in [0.1, 0.15) is 6.10 Å². The van der Waals surface area contributed by atoms with Gasteiger partial charge in [-0.3, -0.25) is 4.79 Å². The highest BCUT2D eigenvalue weighted by Gasteiger charge is 2.28. The number of nitrogens with one attached hydrogen (secondary N) is 1. The summed E-state index contributed by atoms with van der Waals surface area (Å²) in [7, 11) is 1.67. The van der Waals surface area contributed by atoms with Crippen LogP contribution in [0.2, 0.25) is 0 Å². The normalized spacial score (nSPS) is 17.0. The third-order valence-electron chi connectivity index (χ3n) is 3.80. The first-order valence-electron chi connectivity index (χ1n) is 7.49. The first kappa shape index (κ1) is 15.1. The van der Waals surface area contributed by atoms with Crippen LogP contribution in [0.3, 0.4) is 0 Å². The molecular weight excluding hydrogens is 292 g/mol. The van der Waals surface area contributed by atoms with Crippen LogP contribution in [0.1, 0.15) is 10.4 Å². The third kappa shape index (κ3) is 3.51. The zero-order valence-corrected chi connectivity index (χ0v) is 12.9.